The predicted molar refractivity (Wildman–Crippen MR) is 89.8 cm³/mol. The number of rotatable bonds is 12. The Labute approximate surface area is 141 Å². The van der Waals surface area contributed by atoms with Gasteiger partial charge < -0.3 is 10.1 Å². The molecule has 0 heterocycles. The third-order valence-electron chi connectivity index (χ3n) is 3.03. The van der Waals surface area contributed by atoms with Crippen molar-refractivity contribution in [1.29, 1.82) is 0 Å². The van der Waals surface area contributed by atoms with Gasteiger partial charge in [-0.1, -0.05) is 58.3 Å². The van der Waals surface area contributed by atoms with E-state index in [1.165, 1.54) is 44.9 Å². The Balaban J connectivity index is 0. The quantitative estimate of drug-likeness (QED) is 0.162. The SMILES string of the molecule is CCCCCCCCCCCC(=O)OC(=O)CNC.O=[SH](=O)O. The first-order valence-electron chi connectivity index (χ1n) is 8.15. The zero-order valence-electron chi connectivity index (χ0n) is 14.2. The zero-order valence-corrected chi connectivity index (χ0v) is 15.1. The Hall–Kier alpha value is -0.990. The summed E-state index contributed by atoms with van der Waals surface area (Å²) in [6, 6.07) is 0. The molecule has 0 aliphatic carbocycles. The smallest absolute Gasteiger partial charge is 0.327 e. The highest BCUT2D eigenvalue weighted by Gasteiger charge is 2.08. The maximum atomic E-state index is 11.3. The van der Waals surface area contributed by atoms with Crippen LogP contribution in [0.2, 0.25) is 0 Å². The first kappa shape index (κ1) is 24.3. The number of hydrogen-bond acceptors (Lipinski definition) is 6. The molecule has 0 saturated heterocycles. The van der Waals surface area contributed by atoms with Gasteiger partial charge in [-0.3, -0.25) is 14.1 Å². The molecule has 0 atom stereocenters. The predicted octanol–water partition coefficient (Wildman–Crippen LogP) is 2.27. The highest BCUT2D eigenvalue weighted by atomic mass is 32.2. The van der Waals surface area contributed by atoms with Gasteiger partial charge in [0.15, 0.2) is 0 Å². The van der Waals surface area contributed by atoms with Gasteiger partial charge in [-0.25, -0.2) is 8.42 Å². The normalized spacial score (nSPS) is 10.1. The molecule has 138 valence electrons. The lowest BCUT2D eigenvalue weighted by atomic mass is 10.1. The van der Waals surface area contributed by atoms with Crippen molar-refractivity contribution in [2.75, 3.05) is 13.6 Å². The van der Waals surface area contributed by atoms with Gasteiger partial charge in [0.2, 0.25) is 0 Å². The molecule has 7 nitrogen and oxygen atoms in total. The van der Waals surface area contributed by atoms with Gasteiger partial charge in [-0.2, -0.15) is 0 Å². The number of hydrogen-bond donors (Lipinski definition) is 3. The molecule has 0 spiro atoms. The summed E-state index contributed by atoms with van der Waals surface area (Å²) in [6.07, 6.45) is 11.2. The number of likely N-dealkylation sites (N-methyl/N-ethyl adjacent to an activating group) is 1. The van der Waals surface area contributed by atoms with Gasteiger partial charge in [-0.05, 0) is 13.5 Å². The van der Waals surface area contributed by atoms with Crippen LogP contribution in [0.1, 0.15) is 71.1 Å². The van der Waals surface area contributed by atoms with Crippen LogP contribution in [0.5, 0.6) is 0 Å². The fraction of sp³-hybridized carbons (Fsp3) is 0.867. The van der Waals surface area contributed by atoms with Gasteiger partial charge >= 0.3 is 11.9 Å². The number of nitrogens with one attached hydrogen (secondary N) is 1. The monoisotopic (exact) mass is 353 g/mol. The lowest BCUT2D eigenvalue weighted by Crippen LogP contribution is -2.23. The average Bonchev–Trinajstić information content (AvgIpc) is 2.45. The van der Waals surface area contributed by atoms with Crippen molar-refractivity contribution in [3.63, 3.8) is 0 Å². The summed E-state index contributed by atoms with van der Waals surface area (Å²) in [4.78, 5) is 22.3. The van der Waals surface area contributed by atoms with Crippen LogP contribution in [0.15, 0.2) is 0 Å². The molecular formula is C15H31NO6S. The topological polar surface area (TPSA) is 110 Å². The van der Waals surface area contributed by atoms with E-state index in [4.69, 9.17) is 13.0 Å². The van der Waals surface area contributed by atoms with E-state index in [0.29, 0.717) is 6.42 Å². The van der Waals surface area contributed by atoms with Crippen molar-refractivity contribution < 1.29 is 27.3 Å². The van der Waals surface area contributed by atoms with Crippen molar-refractivity contribution in [2.45, 2.75) is 71.1 Å². The minimum Gasteiger partial charge on any atom is -0.392 e. The molecule has 2 N–H and O–H groups in total. The van der Waals surface area contributed by atoms with Crippen LogP contribution in [0.25, 0.3) is 0 Å². The molecule has 0 aliphatic heterocycles. The van der Waals surface area contributed by atoms with Crippen LogP contribution in [-0.4, -0.2) is 38.5 Å². The molecule has 8 heteroatoms. The number of thiol groups is 1. The maximum absolute atomic E-state index is 11.3. The second-order valence-corrected chi connectivity index (χ2v) is 5.67. The first-order valence-corrected chi connectivity index (χ1v) is 9.28. The third-order valence-corrected chi connectivity index (χ3v) is 3.03. The number of esters is 2. The van der Waals surface area contributed by atoms with E-state index in [1.54, 1.807) is 7.05 Å². The van der Waals surface area contributed by atoms with Crippen LogP contribution < -0.4 is 5.32 Å². The van der Waals surface area contributed by atoms with E-state index >= 15 is 0 Å². The molecule has 23 heavy (non-hydrogen) atoms. The highest BCUT2D eigenvalue weighted by Crippen LogP contribution is 2.10. The summed E-state index contributed by atoms with van der Waals surface area (Å²) in [5.41, 5.74) is 0. The summed E-state index contributed by atoms with van der Waals surface area (Å²) in [7, 11) is -1.48. The lowest BCUT2D eigenvalue weighted by molar-refractivity contribution is -0.158. The summed E-state index contributed by atoms with van der Waals surface area (Å²) in [6.45, 7) is 2.31. The van der Waals surface area contributed by atoms with Crippen molar-refractivity contribution >= 4 is 22.9 Å². The van der Waals surface area contributed by atoms with Gasteiger partial charge in [0.1, 0.15) is 0 Å². The molecule has 0 aromatic rings. The Morgan fingerprint density at radius 1 is 0.913 bits per heavy atom. The molecule has 0 aromatic carbocycles. The number of ether oxygens (including phenoxy) is 1. The number of carbonyl (C=O) groups excluding carboxylic acids is 2. The minimum atomic E-state index is -3.12. The highest BCUT2D eigenvalue weighted by molar-refractivity contribution is 7.66. The Morgan fingerprint density at radius 2 is 1.35 bits per heavy atom. The van der Waals surface area contributed by atoms with Crippen LogP contribution >= 0.6 is 0 Å². The van der Waals surface area contributed by atoms with Gasteiger partial charge in [-0.15, -0.1) is 0 Å². The fourth-order valence-electron chi connectivity index (χ4n) is 1.94. The number of unbranched alkanes of at least 4 members (excludes halogenated alkanes) is 8. The van der Waals surface area contributed by atoms with Crippen molar-refractivity contribution in [1.82, 2.24) is 5.32 Å². The fourth-order valence-corrected chi connectivity index (χ4v) is 1.94. The molecule has 0 rings (SSSR count). The minimum absolute atomic E-state index is 0.0868. The van der Waals surface area contributed by atoms with E-state index in [9.17, 15) is 9.59 Å². The van der Waals surface area contributed by atoms with Crippen molar-refractivity contribution in [3.05, 3.63) is 0 Å². The number of carbonyl (C=O) groups is 2. The molecule has 0 radical (unpaired) electrons. The van der Waals surface area contributed by atoms with E-state index < -0.39 is 22.9 Å². The van der Waals surface area contributed by atoms with E-state index in [0.717, 1.165) is 12.8 Å². The summed E-state index contributed by atoms with van der Waals surface area (Å²) in [5.74, 6) is -0.897. The van der Waals surface area contributed by atoms with E-state index in [1.807, 2.05) is 0 Å². The molecule has 0 aliphatic rings. The zero-order chi connectivity index (χ0) is 17.9. The third kappa shape index (κ3) is 26.2. The van der Waals surface area contributed by atoms with Gasteiger partial charge in [0.25, 0.3) is 11.0 Å². The summed E-state index contributed by atoms with van der Waals surface area (Å²) < 4.78 is 28.8. The Kier molecular flexibility index (Phi) is 20.1. The second kappa shape index (κ2) is 19.1. The Bertz CT molecular complexity index is 363. The van der Waals surface area contributed by atoms with E-state index in [2.05, 4.69) is 17.0 Å². The molecule has 0 unspecified atom stereocenters. The van der Waals surface area contributed by atoms with Crippen molar-refractivity contribution in [2.24, 2.45) is 0 Å². The summed E-state index contributed by atoms with van der Waals surface area (Å²) >= 11 is 0. The largest absolute Gasteiger partial charge is 0.392 e. The average molecular weight is 353 g/mol. The standard InChI is InChI=1S/C15H29NO3.H2O3S/c1-3-4-5-6-7-8-9-10-11-12-14(17)19-15(18)13-16-2;1-4(2)3/h16H,3-13H2,1-2H3;4H,(H,1,2,3). The lowest BCUT2D eigenvalue weighted by Gasteiger charge is -2.03. The molecular weight excluding hydrogens is 322 g/mol. The second-order valence-electron chi connectivity index (χ2n) is 5.19. The molecule has 0 bridgehead atoms. The molecule has 0 aromatic heterocycles. The molecule has 0 fully saturated rings. The van der Waals surface area contributed by atoms with E-state index in [-0.39, 0.29) is 6.54 Å². The Morgan fingerprint density at radius 3 is 1.78 bits per heavy atom. The van der Waals surface area contributed by atoms with Crippen LogP contribution in [0, 0.1) is 0 Å². The molecule has 0 amide bonds. The van der Waals surface area contributed by atoms with Crippen molar-refractivity contribution in [3.8, 4) is 0 Å². The first-order chi connectivity index (χ1) is 10.9. The van der Waals surface area contributed by atoms with Gasteiger partial charge in [0, 0.05) is 6.42 Å². The van der Waals surface area contributed by atoms with Crippen LogP contribution in [-0.2, 0) is 25.3 Å². The molecule has 0 saturated carbocycles. The maximum Gasteiger partial charge on any atom is 0.327 e. The summed E-state index contributed by atoms with van der Waals surface area (Å²) in [5, 5.41) is 2.65. The van der Waals surface area contributed by atoms with Gasteiger partial charge in [0.05, 0.1) is 6.54 Å². The van der Waals surface area contributed by atoms with Crippen LogP contribution in [0.3, 0.4) is 0 Å². The van der Waals surface area contributed by atoms with Crippen LogP contribution in [0.4, 0.5) is 0 Å².